The summed E-state index contributed by atoms with van der Waals surface area (Å²) in [5, 5.41) is 3.28. The molecule has 0 amide bonds. The van der Waals surface area contributed by atoms with Gasteiger partial charge in [0, 0.05) is 6.61 Å². The van der Waals surface area contributed by atoms with E-state index >= 15 is 0 Å². The maximum atomic E-state index is 5.46. The number of nitrogens with one attached hydrogen (secondary N) is 1. The van der Waals surface area contributed by atoms with Crippen molar-refractivity contribution in [2.45, 2.75) is 25.9 Å². The van der Waals surface area contributed by atoms with Gasteiger partial charge in [0.05, 0.1) is 6.10 Å². The van der Waals surface area contributed by atoms with E-state index in [1.54, 1.807) is 0 Å². The summed E-state index contributed by atoms with van der Waals surface area (Å²) in [6.07, 6.45) is 2.66. The summed E-state index contributed by atoms with van der Waals surface area (Å²) in [5.41, 5.74) is 0. The molecule has 0 aromatic carbocycles. The number of piperidine rings is 1. The molecule has 0 bridgehead atoms. The lowest BCUT2D eigenvalue weighted by atomic mass is 10.1. The molecule has 0 aliphatic carbocycles. The normalized spacial score (nSPS) is 20.5. The molecule has 0 radical (unpaired) electrons. The molecule has 1 fully saturated rings. The summed E-state index contributed by atoms with van der Waals surface area (Å²) in [6.45, 7) is 5.34. The number of hydrogen-bond acceptors (Lipinski definition) is 3. The first kappa shape index (κ1) is 8.97. The standard InChI is InChI=1S/C8H17NO2/c1-2-10-7-11-8-3-5-9-6-4-8/h8-9H,2-7H2,1H3. The fourth-order valence-electron chi connectivity index (χ4n) is 1.19. The van der Waals surface area contributed by atoms with Gasteiger partial charge in [-0.3, -0.25) is 0 Å². The molecular formula is C8H17NO2. The van der Waals surface area contributed by atoms with Crippen molar-refractivity contribution in [3.8, 4) is 0 Å². The Morgan fingerprint density at radius 1 is 1.36 bits per heavy atom. The van der Waals surface area contributed by atoms with Crippen LogP contribution < -0.4 is 5.32 Å². The molecule has 66 valence electrons. The molecule has 0 atom stereocenters. The van der Waals surface area contributed by atoms with Gasteiger partial charge in [0.2, 0.25) is 0 Å². The summed E-state index contributed by atoms with van der Waals surface area (Å²) in [4.78, 5) is 0. The Balaban J connectivity index is 1.96. The van der Waals surface area contributed by atoms with Gasteiger partial charge in [0.15, 0.2) is 0 Å². The highest BCUT2D eigenvalue weighted by Gasteiger charge is 2.12. The highest BCUT2D eigenvalue weighted by molar-refractivity contribution is 4.67. The van der Waals surface area contributed by atoms with Gasteiger partial charge in [-0.15, -0.1) is 0 Å². The molecule has 1 aliphatic rings. The van der Waals surface area contributed by atoms with Crippen LogP contribution in [-0.2, 0) is 9.47 Å². The molecule has 1 N–H and O–H groups in total. The molecule has 0 aromatic rings. The molecule has 3 nitrogen and oxygen atoms in total. The zero-order chi connectivity index (χ0) is 7.94. The van der Waals surface area contributed by atoms with E-state index < -0.39 is 0 Å². The van der Waals surface area contributed by atoms with Gasteiger partial charge in [0.25, 0.3) is 0 Å². The minimum Gasteiger partial charge on any atom is -0.356 e. The minimum absolute atomic E-state index is 0.419. The van der Waals surface area contributed by atoms with Crippen LogP contribution in [0.5, 0.6) is 0 Å². The third-order valence-corrected chi connectivity index (χ3v) is 1.88. The quantitative estimate of drug-likeness (QED) is 0.485. The van der Waals surface area contributed by atoms with Crippen LogP contribution in [0.3, 0.4) is 0 Å². The van der Waals surface area contributed by atoms with E-state index in [4.69, 9.17) is 9.47 Å². The molecule has 1 saturated heterocycles. The number of rotatable bonds is 4. The Kier molecular flexibility index (Phi) is 4.50. The lowest BCUT2D eigenvalue weighted by Crippen LogP contribution is -2.32. The number of hydrogen-bond donors (Lipinski definition) is 1. The zero-order valence-electron chi connectivity index (χ0n) is 7.14. The van der Waals surface area contributed by atoms with Gasteiger partial charge in [0.1, 0.15) is 6.79 Å². The highest BCUT2D eigenvalue weighted by atomic mass is 16.7. The topological polar surface area (TPSA) is 30.5 Å². The van der Waals surface area contributed by atoms with Crippen molar-refractivity contribution in [1.29, 1.82) is 0 Å². The molecule has 0 aromatic heterocycles. The van der Waals surface area contributed by atoms with Crippen molar-refractivity contribution in [2.24, 2.45) is 0 Å². The van der Waals surface area contributed by atoms with Gasteiger partial charge in [-0.05, 0) is 32.9 Å². The van der Waals surface area contributed by atoms with Gasteiger partial charge in [-0.1, -0.05) is 0 Å². The smallest absolute Gasteiger partial charge is 0.147 e. The van der Waals surface area contributed by atoms with E-state index in [-0.39, 0.29) is 0 Å². The van der Waals surface area contributed by atoms with Crippen LogP contribution in [-0.4, -0.2) is 32.6 Å². The van der Waals surface area contributed by atoms with Gasteiger partial charge < -0.3 is 14.8 Å². The van der Waals surface area contributed by atoms with Crippen LogP contribution in [0.4, 0.5) is 0 Å². The van der Waals surface area contributed by atoms with E-state index in [0.717, 1.165) is 32.5 Å². The fraction of sp³-hybridized carbons (Fsp3) is 1.00. The summed E-state index contributed by atoms with van der Waals surface area (Å²) < 4.78 is 10.6. The maximum absolute atomic E-state index is 5.46. The van der Waals surface area contributed by atoms with Crippen molar-refractivity contribution >= 4 is 0 Å². The Morgan fingerprint density at radius 2 is 2.09 bits per heavy atom. The van der Waals surface area contributed by atoms with Crippen LogP contribution in [0.2, 0.25) is 0 Å². The van der Waals surface area contributed by atoms with E-state index in [9.17, 15) is 0 Å². The van der Waals surface area contributed by atoms with Crippen LogP contribution in [0.25, 0.3) is 0 Å². The monoisotopic (exact) mass is 159 g/mol. The Morgan fingerprint density at radius 3 is 2.73 bits per heavy atom. The molecule has 0 saturated carbocycles. The minimum atomic E-state index is 0.419. The molecule has 11 heavy (non-hydrogen) atoms. The average molecular weight is 159 g/mol. The Hall–Kier alpha value is -0.120. The predicted molar refractivity (Wildman–Crippen MR) is 43.5 cm³/mol. The largest absolute Gasteiger partial charge is 0.356 e. The maximum Gasteiger partial charge on any atom is 0.147 e. The SMILES string of the molecule is CCOCOC1CCNCC1. The molecular weight excluding hydrogens is 142 g/mol. The lowest BCUT2D eigenvalue weighted by molar-refractivity contribution is -0.0931. The van der Waals surface area contributed by atoms with Crippen molar-refractivity contribution in [2.75, 3.05) is 26.5 Å². The average Bonchev–Trinajstić information content (AvgIpc) is 2.07. The second-order valence-electron chi connectivity index (χ2n) is 2.73. The molecule has 0 unspecified atom stereocenters. The summed E-state index contributed by atoms with van der Waals surface area (Å²) >= 11 is 0. The van der Waals surface area contributed by atoms with E-state index in [0.29, 0.717) is 12.9 Å². The molecule has 1 rings (SSSR count). The fourth-order valence-corrected chi connectivity index (χ4v) is 1.19. The Labute approximate surface area is 68.1 Å². The first-order valence-electron chi connectivity index (χ1n) is 4.33. The second-order valence-corrected chi connectivity index (χ2v) is 2.73. The summed E-state index contributed by atoms with van der Waals surface area (Å²) in [5.74, 6) is 0. The Bertz CT molecular complexity index is 92.1. The second kappa shape index (κ2) is 5.52. The predicted octanol–water partition coefficient (Wildman–Crippen LogP) is 0.749. The van der Waals surface area contributed by atoms with Crippen molar-refractivity contribution in [1.82, 2.24) is 5.32 Å². The van der Waals surface area contributed by atoms with Gasteiger partial charge in [-0.2, -0.15) is 0 Å². The van der Waals surface area contributed by atoms with Crippen molar-refractivity contribution in [3.05, 3.63) is 0 Å². The van der Waals surface area contributed by atoms with Crippen LogP contribution in [0.15, 0.2) is 0 Å². The molecule has 3 heteroatoms. The lowest BCUT2D eigenvalue weighted by Gasteiger charge is -2.22. The third-order valence-electron chi connectivity index (χ3n) is 1.88. The molecule has 1 heterocycles. The van der Waals surface area contributed by atoms with Gasteiger partial charge in [-0.25, -0.2) is 0 Å². The van der Waals surface area contributed by atoms with Crippen molar-refractivity contribution < 1.29 is 9.47 Å². The zero-order valence-corrected chi connectivity index (χ0v) is 7.14. The van der Waals surface area contributed by atoms with E-state index in [1.165, 1.54) is 0 Å². The molecule has 0 spiro atoms. The molecule has 1 aliphatic heterocycles. The van der Waals surface area contributed by atoms with E-state index in [2.05, 4.69) is 5.32 Å². The summed E-state index contributed by atoms with van der Waals surface area (Å²) in [6, 6.07) is 0. The van der Waals surface area contributed by atoms with Crippen LogP contribution in [0.1, 0.15) is 19.8 Å². The summed E-state index contributed by atoms with van der Waals surface area (Å²) in [7, 11) is 0. The third kappa shape index (κ3) is 3.70. The number of ether oxygens (including phenoxy) is 2. The van der Waals surface area contributed by atoms with Crippen LogP contribution >= 0.6 is 0 Å². The highest BCUT2D eigenvalue weighted by Crippen LogP contribution is 2.06. The van der Waals surface area contributed by atoms with E-state index in [1.807, 2.05) is 6.92 Å². The van der Waals surface area contributed by atoms with Crippen LogP contribution in [0, 0.1) is 0 Å². The van der Waals surface area contributed by atoms with Crippen molar-refractivity contribution in [3.63, 3.8) is 0 Å². The first-order valence-corrected chi connectivity index (χ1v) is 4.33. The van der Waals surface area contributed by atoms with Gasteiger partial charge >= 0.3 is 0 Å². The first-order chi connectivity index (χ1) is 5.43.